The second kappa shape index (κ2) is 9.06. The Morgan fingerprint density at radius 2 is 2.11 bits per heavy atom. The third kappa shape index (κ3) is 4.90. The van der Waals surface area contributed by atoms with Gasteiger partial charge in [0.05, 0.1) is 26.0 Å². The lowest BCUT2D eigenvalue weighted by Crippen LogP contribution is -2.31. The van der Waals surface area contributed by atoms with Crippen LogP contribution in [0, 0.1) is 6.92 Å². The summed E-state index contributed by atoms with van der Waals surface area (Å²) < 4.78 is 18.6. The molecular weight excluding hydrogens is 342 g/mol. The average molecular weight is 371 g/mol. The largest absolute Gasteiger partial charge is 0.497 e. The molecule has 0 N–H and O–H groups in total. The van der Waals surface area contributed by atoms with Crippen LogP contribution in [0.25, 0.3) is 6.20 Å². The molecule has 0 radical (unpaired) electrons. The molecule has 6 heteroatoms. The second-order valence-corrected chi connectivity index (χ2v) is 6.88. The van der Waals surface area contributed by atoms with Crippen molar-refractivity contribution in [1.82, 2.24) is 14.7 Å². The van der Waals surface area contributed by atoms with Gasteiger partial charge in [0.25, 0.3) is 0 Å². The molecule has 3 rings (SSSR count). The number of nitrogens with zero attached hydrogens (tertiary/aromatic N) is 3. The van der Waals surface area contributed by atoms with Gasteiger partial charge < -0.3 is 14.2 Å². The van der Waals surface area contributed by atoms with E-state index in [1.807, 2.05) is 31.3 Å². The predicted octanol–water partition coefficient (Wildman–Crippen LogP) is 3.49. The van der Waals surface area contributed by atoms with Crippen molar-refractivity contribution in [2.45, 2.75) is 39.0 Å². The summed E-state index contributed by atoms with van der Waals surface area (Å²) in [5.74, 6) is 1.70. The normalized spacial score (nSPS) is 16.7. The molecule has 6 nitrogen and oxygen atoms in total. The van der Waals surface area contributed by atoms with Gasteiger partial charge >= 0.3 is 0 Å². The molecule has 1 saturated heterocycles. The predicted molar refractivity (Wildman–Crippen MR) is 106 cm³/mol. The molecule has 146 valence electrons. The Hall–Kier alpha value is -2.31. The first-order chi connectivity index (χ1) is 13.1. The monoisotopic (exact) mass is 371 g/mol. The number of aryl methyl sites for hydroxylation is 1. The highest BCUT2D eigenvalue weighted by atomic mass is 16.5. The molecule has 2 heterocycles. The van der Waals surface area contributed by atoms with Crippen molar-refractivity contribution in [3.63, 3.8) is 0 Å². The molecule has 1 aromatic heterocycles. The van der Waals surface area contributed by atoms with Gasteiger partial charge in [-0.05, 0) is 38.0 Å². The molecular formula is C21H29N3O3. The summed E-state index contributed by atoms with van der Waals surface area (Å²) in [5.41, 5.74) is 3.31. The second-order valence-electron chi connectivity index (χ2n) is 6.88. The van der Waals surface area contributed by atoms with Gasteiger partial charge in [0.2, 0.25) is 0 Å². The van der Waals surface area contributed by atoms with Crippen molar-refractivity contribution in [2.24, 2.45) is 0 Å². The zero-order valence-electron chi connectivity index (χ0n) is 16.5. The average Bonchev–Trinajstić information content (AvgIpc) is 3.31. The van der Waals surface area contributed by atoms with Crippen molar-refractivity contribution in [2.75, 3.05) is 27.4 Å². The smallest absolute Gasteiger partial charge is 0.123 e. The van der Waals surface area contributed by atoms with Crippen LogP contribution in [0.5, 0.6) is 11.5 Å². The first kappa shape index (κ1) is 19.5. The van der Waals surface area contributed by atoms with Gasteiger partial charge in [-0.3, -0.25) is 4.90 Å². The number of ether oxygens (including phenoxy) is 3. The molecule has 27 heavy (non-hydrogen) atoms. The van der Waals surface area contributed by atoms with Crippen LogP contribution in [0.4, 0.5) is 0 Å². The summed E-state index contributed by atoms with van der Waals surface area (Å²) in [6.07, 6.45) is 6.27. The van der Waals surface area contributed by atoms with Crippen molar-refractivity contribution in [1.29, 1.82) is 0 Å². The quantitative estimate of drug-likeness (QED) is 0.675. The highest BCUT2D eigenvalue weighted by Crippen LogP contribution is 2.27. The van der Waals surface area contributed by atoms with Gasteiger partial charge in [0.1, 0.15) is 11.5 Å². The Morgan fingerprint density at radius 3 is 2.74 bits per heavy atom. The molecule has 0 bridgehead atoms. The first-order valence-corrected chi connectivity index (χ1v) is 9.35. The molecule has 1 aromatic carbocycles. The Morgan fingerprint density at radius 1 is 1.30 bits per heavy atom. The van der Waals surface area contributed by atoms with Gasteiger partial charge in [-0.25, -0.2) is 4.68 Å². The summed E-state index contributed by atoms with van der Waals surface area (Å²) in [4.78, 5) is 2.39. The van der Waals surface area contributed by atoms with Crippen LogP contribution in [-0.4, -0.2) is 48.2 Å². The van der Waals surface area contributed by atoms with Crippen molar-refractivity contribution >= 4 is 6.20 Å². The van der Waals surface area contributed by atoms with Crippen LogP contribution >= 0.6 is 0 Å². The Bertz CT molecular complexity index is 766. The Balaban J connectivity index is 1.82. The SMILES string of the molecule is C=Cn1cc(CN(Cc2cc(OC)ccc2OC)C[C@H]2CCCO2)c(C)n1. The summed E-state index contributed by atoms with van der Waals surface area (Å²) in [6, 6.07) is 5.92. The first-order valence-electron chi connectivity index (χ1n) is 9.35. The maximum Gasteiger partial charge on any atom is 0.123 e. The van der Waals surface area contributed by atoms with Crippen LogP contribution in [0.1, 0.15) is 29.7 Å². The molecule has 1 fully saturated rings. The van der Waals surface area contributed by atoms with Crippen molar-refractivity contribution in [3.8, 4) is 11.5 Å². The fraction of sp³-hybridized carbons (Fsp3) is 0.476. The zero-order valence-corrected chi connectivity index (χ0v) is 16.5. The van der Waals surface area contributed by atoms with E-state index in [9.17, 15) is 0 Å². The van der Waals surface area contributed by atoms with Crippen molar-refractivity contribution in [3.05, 3.63) is 47.8 Å². The van der Waals surface area contributed by atoms with Crippen LogP contribution < -0.4 is 9.47 Å². The van der Waals surface area contributed by atoms with E-state index < -0.39 is 0 Å². The maximum absolute atomic E-state index is 5.88. The minimum Gasteiger partial charge on any atom is -0.497 e. The van der Waals surface area contributed by atoms with Gasteiger partial charge in [-0.15, -0.1) is 0 Å². The molecule has 1 atom stereocenters. The number of aromatic nitrogens is 2. The Labute approximate surface area is 161 Å². The summed E-state index contributed by atoms with van der Waals surface area (Å²) in [7, 11) is 3.39. The lowest BCUT2D eigenvalue weighted by Gasteiger charge is -2.26. The number of hydrogen-bond donors (Lipinski definition) is 0. The van der Waals surface area contributed by atoms with Gasteiger partial charge in [-0.2, -0.15) is 5.10 Å². The third-order valence-corrected chi connectivity index (χ3v) is 4.97. The zero-order chi connectivity index (χ0) is 19.2. The van der Waals surface area contributed by atoms with Crippen LogP contribution in [0.2, 0.25) is 0 Å². The fourth-order valence-electron chi connectivity index (χ4n) is 3.52. The molecule has 0 amide bonds. The number of methoxy groups -OCH3 is 2. The minimum atomic E-state index is 0.274. The fourth-order valence-corrected chi connectivity index (χ4v) is 3.52. The van der Waals surface area contributed by atoms with E-state index in [1.54, 1.807) is 25.1 Å². The third-order valence-electron chi connectivity index (χ3n) is 4.97. The molecule has 0 aliphatic carbocycles. The summed E-state index contributed by atoms with van der Waals surface area (Å²) in [6.45, 7) is 9.10. The van der Waals surface area contributed by atoms with Crippen LogP contribution in [0.3, 0.4) is 0 Å². The minimum absolute atomic E-state index is 0.274. The number of rotatable bonds is 9. The van der Waals surface area contributed by atoms with E-state index >= 15 is 0 Å². The number of hydrogen-bond acceptors (Lipinski definition) is 5. The van der Waals surface area contributed by atoms with E-state index in [0.717, 1.165) is 61.8 Å². The topological polar surface area (TPSA) is 48.8 Å². The van der Waals surface area contributed by atoms with Gasteiger partial charge in [0, 0.05) is 49.8 Å². The van der Waals surface area contributed by atoms with E-state index in [1.165, 1.54) is 5.56 Å². The highest BCUT2D eigenvalue weighted by Gasteiger charge is 2.21. The molecule has 0 spiro atoms. The van der Waals surface area contributed by atoms with Crippen LogP contribution in [-0.2, 0) is 17.8 Å². The molecule has 1 aliphatic rings. The number of benzene rings is 1. The lowest BCUT2D eigenvalue weighted by molar-refractivity contribution is 0.0675. The lowest BCUT2D eigenvalue weighted by atomic mass is 10.1. The maximum atomic E-state index is 5.88. The van der Waals surface area contributed by atoms with Gasteiger partial charge in [0.15, 0.2) is 0 Å². The molecule has 2 aromatic rings. The Kier molecular flexibility index (Phi) is 6.53. The summed E-state index contributed by atoms with van der Waals surface area (Å²) in [5, 5.41) is 4.48. The molecule has 0 saturated carbocycles. The molecule has 1 aliphatic heterocycles. The molecule has 0 unspecified atom stereocenters. The van der Waals surface area contributed by atoms with E-state index in [-0.39, 0.29) is 6.10 Å². The summed E-state index contributed by atoms with van der Waals surface area (Å²) >= 11 is 0. The van der Waals surface area contributed by atoms with Crippen LogP contribution in [0.15, 0.2) is 31.0 Å². The highest BCUT2D eigenvalue weighted by molar-refractivity contribution is 5.40. The van der Waals surface area contributed by atoms with E-state index in [0.29, 0.717) is 0 Å². The standard InChI is InChI=1S/C21H29N3O3/c1-5-24-14-18(16(2)22-24)13-23(15-20-7-6-10-27-20)12-17-11-19(25-3)8-9-21(17)26-4/h5,8-9,11,14,20H,1,6-7,10,12-13,15H2,2-4H3/t20-/m1/s1. The van der Waals surface area contributed by atoms with Crippen molar-refractivity contribution < 1.29 is 14.2 Å². The van der Waals surface area contributed by atoms with Gasteiger partial charge in [-0.1, -0.05) is 6.58 Å². The van der Waals surface area contributed by atoms with E-state index in [2.05, 4.69) is 16.6 Å². The van der Waals surface area contributed by atoms with E-state index in [4.69, 9.17) is 14.2 Å².